The molecule has 4 rings (SSSR count). The third-order valence-electron chi connectivity index (χ3n) is 5.21. The van der Waals surface area contributed by atoms with E-state index >= 15 is 0 Å². The van der Waals surface area contributed by atoms with Crippen molar-refractivity contribution in [3.8, 4) is 0 Å². The predicted octanol–water partition coefficient (Wildman–Crippen LogP) is 3.99. The van der Waals surface area contributed by atoms with E-state index in [9.17, 15) is 4.79 Å². The Kier molecular flexibility index (Phi) is 3.60. The smallest absolute Gasteiger partial charge is 0.276 e. The fourth-order valence-corrected chi connectivity index (χ4v) is 4.71. The number of hydrogen-bond acceptors (Lipinski definition) is 2. The monoisotopic (exact) mass is 387 g/mol. The molecule has 2 aromatic heterocycles. The summed E-state index contributed by atoms with van der Waals surface area (Å²) in [4.78, 5) is 19.5. The van der Waals surface area contributed by atoms with Gasteiger partial charge >= 0.3 is 0 Å². The van der Waals surface area contributed by atoms with Gasteiger partial charge in [-0.15, -0.1) is 0 Å². The topological polar surface area (TPSA) is 38.1 Å². The SMILES string of the molecule is CCc1c(Br)ccnc1N1CCn2c(cc3c2CC(C)(C)C3)C1=O. The van der Waals surface area contributed by atoms with Crippen molar-refractivity contribution in [3.05, 3.63) is 45.3 Å². The van der Waals surface area contributed by atoms with Crippen LogP contribution in [0, 0.1) is 5.41 Å². The molecule has 126 valence electrons. The van der Waals surface area contributed by atoms with E-state index in [1.807, 2.05) is 11.0 Å². The van der Waals surface area contributed by atoms with Gasteiger partial charge in [-0.25, -0.2) is 4.98 Å². The van der Waals surface area contributed by atoms with Crippen molar-refractivity contribution < 1.29 is 4.79 Å². The Balaban J connectivity index is 1.73. The molecule has 0 N–H and O–H groups in total. The van der Waals surface area contributed by atoms with Crippen LogP contribution in [0.1, 0.15) is 48.1 Å². The normalized spacial score (nSPS) is 18.7. The second kappa shape index (κ2) is 5.45. The minimum Gasteiger partial charge on any atom is -0.339 e. The summed E-state index contributed by atoms with van der Waals surface area (Å²) in [6.45, 7) is 8.23. The summed E-state index contributed by atoms with van der Waals surface area (Å²) in [5.41, 5.74) is 4.95. The van der Waals surface area contributed by atoms with Crippen molar-refractivity contribution in [2.24, 2.45) is 5.41 Å². The third-order valence-corrected chi connectivity index (χ3v) is 5.95. The lowest BCUT2D eigenvalue weighted by Crippen LogP contribution is -2.41. The molecule has 0 saturated heterocycles. The Bertz CT molecular complexity index is 837. The first-order valence-electron chi connectivity index (χ1n) is 8.58. The van der Waals surface area contributed by atoms with Crippen molar-refractivity contribution in [3.63, 3.8) is 0 Å². The summed E-state index contributed by atoms with van der Waals surface area (Å²) in [6.07, 6.45) is 4.73. The average molecular weight is 388 g/mol. The highest BCUT2D eigenvalue weighted by molar-refractivity contribution is 9.10. The fraction of sp³-hybridized carbons (Fsp3) is 0.474. The zero-order chi connectivity index (χ0) is 17.1. The van der Waals surface area contributed by atoms with E-state index in [0.29, 0.717) is 12.0 Å². The van der Waals surface area contributed by atoms with Gasteiger partial charge in [0.25, 0.3) is 5.91 Å². The number of pyridine rings is 1. The molecule has 1 amide bonds. The minimum absolute atomic E-state index is 0.0776. The van der Waals surface area contributed by atoms with E-state index in [1.54, 1.807) is 6.20 Å². The van der Waals surface area contributed by atoms with Gasteiger partial charge in [0, 0.05) is 35.0 Å². The number of amides is 1. The zero-order valence-corrected chi connectivity index (χ0v) is 16.0. The Hall–Kier alpha value is -1.62. The molecule has 1 aliphatic carbocycles. The highest BCUT2D eigenvalue weighted by atomic mass is 79.9. The minimum atomic E-state index is 0.0776. The summed E-state index contributed by atoms with van der Waals surface area (Å²) in [5, 5.41) is 0. The third kappa shape index (κ3) is 2.32. The Morgan fingerprint density at radius 3 is 2.83 bits per heavy atom. The van der Waals surface area contributed by atoms with Crippen molar-refractivity contribution in [1.82, 2.24) is 9.55 Å². The second-order valence-corrected chi connectivity index (χ2v) is 8.43. The number of rotatable bonds is 2. The van der Waals surface area contributed by atoms with Gasteiger partial charge in [0.15, 0.2) is 0 Å². The predicted molar refractivity (Wildman–Crippen MR) is 98.6 cm³/mol. The van der Waals surface area contributed by atoms with Gasteiger partial charge in [-0.3, -0.25) is 9.69 Å². The van der Waals surface area contributed by atoms with Crippen molar-refractivity contribution in [1.29, 1.82) is 0 Å². The van der Waals surface area contributed by atoms with Gasteiger partial charge < -0.3 is 4.57 Å². The summed E-state index contributed by atoms with van der Waals surface area (Å²) in [5.74, 6) is 0.874. The van der Waals surface area contributed by atoms with E-state index in [2.05, 4.69) is 52.3 Å². The molecule has 2 aliphatic rings. The van der Waals surface area contributed by atoms with Crippen LogP contribution in [0.4, 0.5) is 5.82 Å². The summed E-state index contributed by atoms with van der Waals surface area (Å²) < 4.78 is 3.26. The largest absolute Gasteiger partial charge is 0.339 e. The first-order chi connectivity index (χ1) is 11.4. The molecule has 24 heavy (non-hydrogen) atoms. The van der Waals surface area contributed by atoms with Gasteiger partial charge in [0.05, 0.1) is 0 Å². The maximum Gasteiger partial charge on any atom is 0.276 e. The molecule has 1 aliphatic heterocycles. The molecule has 0 radical (unpaired) electrons. The Morgan fingerprint density at radius 1 is 1.29 bits per heavy atom. The molecule has 0 atom stereocenters. The van der Waals surface area contributed by atoms with Gasteiger partial charge in [-0.05, 0) is 42.4 Å². The van der Waals surface area contributed by atoms with Crippen molar-refractivity contribution in [2.75, 3.05) is 11.4 Å². The van der Waals surface area contributed by atoms with Crippen LogP contribution in [0.3, 0.4) is 0 Å². The number of hydrogen-bond donors (Lipinski definition) is 0. The molecule has 0 bridgehead atoms. The van der Waals surface area contributed by atoms with Crippen molar-refractivity contribution >= 4 is 27.7 Å². The molecular weight excluding hydrogens is 366 g/mol. The van der Waals surface area contributed by atoms with Crippen LogP contribution >= 0.6 is 15.9 Å². The molecule has 3 heterocycles. The Morgan fingerprint density at radius 2 is 2.08 bits per heavy atom. The van der Waals surface area contributed by atoms with E-state index in [-0.39, 0.29) is 5.91 Å². The number of anilines is 1. The number of aromatic nitrogens is 2. The molecule has 2 aromatic rings. The second-order valence-electron chi connectivity index (χ2n) is 7.58. The summed E-state index contributed by atoms with van der Waals surface area (Å²) in [7, 11) is 0. The number of fused-ring (bicyclic) bond motifs is 3. The maximum atomic E-state index is 13.1. The van der Waals surface area contributed by atoms with Crippen LogP contribution in [0.15, 0.2) is 22.8 Å². The standard InChI is InChI=1S/C19H22BrN3O/c1-4-13-14(20)5-6-21-17(13)23-8-7-22-15(18(23)24)9-12-10-19(2,3)11-16(12)22/h5-6,9H,4,7-8,10-11H2,1-3H3. The lowest BCUT2D eigenvalue weighted by molar-refractivity contribution is 0.0963. The number of halogens is 1. The Labute approximate surface area is 151 Å². The molecule has 0 spiro atoms. The lowest BCUT2D eigenvalue weighted by Gasteiger charge is -2.30. The molecule has 0 unspecified atom stereocenters. The molecule has 5 heteroatoms. The molecular formula is C19H22BrN3O. The van der Waals surface area contributed by atoms with Gasteiger partial charge in [0.1, 0.15) is 11.5 Å². The fourth-order valence-electron chi connectivity index (χ4n) is 4.13. The summed E-state index contributed by atoms with van der Waals surface area (Å²) in [6, 6.07) is 4.05. The van der Waals surface area contributed by atoms with Crippen LogP contribution < -0.4 is 4.90 Å². The number of nitrogens with zero attached hydrogens (tertiary/aromatic N) is 3. The number of carbonyl (C=O) groups is 1. The molecule has 0 fully saturated rings. The first kappa shape index (κ1) is 15.9. The first-order valence-corrected chi connectivity index (χ1v) is 9.37. The van der Waals surface area contributed by atoms with Crippen molar-refractivity contribution in [2.45, 2.75) is 46.6 Å². The molecule has 4 nitrogen and oxygen atoms in total. The van der Waals surface area contributed by atoms with E-state index < -0.39 is 0 Å². The average Bonchev–Trinajstić information content (AvgIpc) is 3.00. The van der Waals surface area contributed by atoms with Crippen LogP contribution in [0.2, 0.25) is 0 Å². The quantitative estimate of drug-likeness (QED) is 0.780. The molecule has 0 saturated carbocycles. The van der Waals surface area contributed by atoms with Gasteiger partial charge in [0.2, 0.25) is 0 Å². The van der Waals surface area contributed by atoms with E-state index in [1.165, 1.54) is 11.3 Å². The van der Waals surface area contributed by atoms with E-state index in [0.717, 1.165) is 47.4 Å². The summed E-state index contributed by atoms with van der Waals surface area (Å²) >= 11 is 3.59. The van der Waals surface area contributed by atoms with Crippen LogP contribution in [0.5, 0.6) is 0 Å². The van der Waals surface area contributed by atoms with E-state index in [4.69, 9.17) is 0 Å². The highest BCUT2D eigenvalue weighted by Gasteiger charge is 2.37. The van der Waals surface area contributed by atoms with Crippen LogP contribution in [0.25, 0.3) is 0 Å². The lowest BCUT2D eigenvalue weighted by atomic mass is 9.90. The van der Waals surface area contributed by atoms with Crippen LogP contribution in [-0.4, -0.2) is 22.0 Å². The maximum absolute atomic E-state index is 13.1. The van der Waals surface area contributed by atoms with Gasteiger partial charge in [-0.2, -0.15) is 0 Å². The van der Waals surface area contributed by atoms with Gasteiger partial charge in [-0.1, -0.05) is 36.7 Å². The van der Waals surface area contributed by atoms with Crippen LogP contribution in [-0.2, 0) is 25.8 Å². The molecule has 0 aromatic carbocycles. The number of carbonyl (C=O) groups excluding carboxylic acids is 1. The highest BCUT2D eigenvalue weighted by Crippen LogP contribution is 2.39. The zero-order valence-electron chi connectivity index (χ0n) is 14.4.